The Balaban J connectivity index is 1.80. The number of carbonyl (C=O) groups is 1. The zero-order valence-electron chi connectivity index (χ0n) is 13.0. The summed E-state index contributed by atoms with van der Waals surface area (Å²) in [6.07, 6.45) is 5.14. The molecule has 3 rings (SSSR count). The highest BCUT2D eigenvalue weighted by molar-refractivity contribution is 7.17. The van der Waals surface area contributed by atoms with Crippen molar-refractivity contribution in [3.63, 3.8) is 0 Å². The highest BCUT2D eigenvalue weighted by atomic mass is 32.1. The molecule has 4 nitrogen and oxygen atoms in total. The summed E-state index contributed by atoms with van der Waals surface area (Å²) in [6, 6.07) is 5.60. The molecule has 0 aliphatic carbocycles. The fourth-order valence-corrected chi connectivity index (χ4v) is 3.21. The SMILES string of the molecule is Cc1cn2c(/C=C/C(=O)c3ccc(OC(F)F)cc3)c(C)nc2s1. The third-order valence-corrected chi connectivity index (χ3v) is 4.32. The molecule has 0 unspecified atom stereocenters. The topological polar surface area (TPSA) is 43.6 Å². The summed E-state index contributed by atoms with van der Waals surface area (Å²) in [7, 11) is 0. The van der Waals surface area contributed by atoms with Gasteiger partial charge in [-0.3, -0.25) is 9.20 Å². The molecule has 0 aliphatic rings. The molecule has 0 N–H and O–H groups in total. The zero-order chi connectivity index (χ0) is 17.3. The van der Waals surface area contributed by atoms with Gasteiger partial charge < -0.3 is 4.74 Å². The average molecular weight is 348 g/mol. The molecule has 24 heavy (non-hydrogen) atoms. The van der Waals surface area contributed by atoms with Gasteiger partial charge in [0.05, 0.1) is 11.4 Å². The van der Waals surface area contributed by atoms with E-state index < -0.39 is 6.61 Å². The van der Waals surface area contributed by atoms with E-state index in [9.17, 15) is 13.6 Å². The van der Waals surface area contributed by atoms with Crippen LogP contribution in [-0.2, 0) is 0 Å². The van der Waals surface area contributed by atoms with E-state index in [0.29, 0.717) is 5.56 Å². The standard InChI is InChI=1S/C17H14F2N2O2S/c1-10-9-21-14(11(2)20-17(21)24-10)7-8-15(22)12-3-5-13(6-4-12)23-16(18)19/h3-9,16H,1-2H3/b8-7+. The third kappa shape index (κ3) is 3.35. The Kier molecular flexibility index (Phi) is 4.44. The first kappa shape index (κ1) is 16.3. The zero-order valence-corrected chi connectivity index (χ0v) is 13.8. The van der Waals surface area contributed by atoms with E-state index in [2.05, 4.69) is 9.72 Å². The number of aryl methyl sites for hydroxylation is 2. The second-order valence-electron chi connectivity index (χ2n) is 5.18. The van der Waals surface area contributed by atoms with Crippen molar-refractivity contribution in [2.45, 2.75) is 20.5 Å². The van der Waals surface area contributed by atoms with Crippen LogP contribution in [0.2, 0.25) is 0 Å². The van der Waals surface area contributed by atoms with Crippen LogP contribution in [0.4, 0.5) is 8.78 Å². The number of imidazole rings is 1. The molecule has 0 atom stereocenters. The maximum Gasteiger partial charge on any atom is 0.387 e. The van der Waals surface area contributed by atoms with E-state index in [1.165, 1.54) is 30.3 Å². The van der Waals surface area contributed by atoms with E-state index in [-0.39, 0.29) is 11.5 Å². The van der Waals surface area contributed by atoms with Gasteiger partial charge in [-0.2, -0.15) is 8.78 Å². The molecule has 0 saturated heterocycles. The van der Waals surface area contributed by atoms with Crippen molar-refractivity contribution < 1.29 is 18.3 Å². The van der Waals surface area contributed by atoms with Gasteiger partial charge in [-0.05, 0) is 50.3 Å². The van der Waals surface area contributed by atoms with Crippen molar-refractivity contribution in [2.75, 3.05) is 0 Å². The maximum absolute atomic E-state index is 12.2. The van der Waals surface area contributed by atoms with Crippen LogP contribution in [0, 0.1) is 13.8 Å². The predicted molar refractivity (Wildman–Crippen MR) is 89.0 cm³/mol. The quantitative estimate of drug-likeness (QED) is 0.503. The normalized spacial score (nSPS) is 11.7. The van der Waals surface area contributed by atoms with Gasteiger partial charge in [-0.25, -0.2) is 4.98 Å². The number of nitrogens with zero attached hydrogens (tertiary/aromatic N) is 2. The number of thiazole rings is 1. The Morgan fingerprint density at radius 2 is 2.00 bits per heavy atom. The Morgan fingerprint density at radius 3 is 2.67 bits per heavy atom. The van der Waals surface area contributed by atoms with Crippen molar-refractivity contribution in [2.24, 2.45) is 0 Å². The number of rotatable bonds is 5. The molecule has 0 aliphatic heterocycles. The van der Waals surface area contributed by atoms with Crippen molar-refractivity contribution >= 4 is 28.2 Å². The molecule has 0 amide bonds. The van der Waals surface area contributed by atoms with E-state index in [1.54, 1.807) is 17.4 Å². The minimum Gasteiger partial charge on any atom is -0.435 e. The number of alkyl halides is 2. The molecule has 0 spiro atoms. The molecule has 0 radical (unpaired) electrons. The van der Waals surface area contributed by atoms with Crippen molar-refractivity contribution in [3.05, 3.63) is 58.4 Å². The van der Waals surface area contributed by atoms with Crippen LogP contribution >= 0.6 is 11.3 Å². The van der Waals surface area contributed by atoms with Gasteiger partial charge in [-0.1, -0.05) is 0 Å². The van der Waals surface area contributed by atoms with E-state index in [1.807, 2.05) is 24.4 Å². The van der Waals surface area contributed by atoms with Crippen LogP contribution < -0.4 is 4.74 Å². The van der Waals surface area contributed by atoms with Gasteiger partial charge >= 0.3 is 6.61 Å². The van der Waals surface area contributed by atoms with Gasteiger partial charge in [0.2, 0.25) is 0 Å². The Bertz CT molecular complexity index is 911. The summed E-state index contributed by atoms with van der Waals surface area (Å²) >= 11 is 1.58. The van der Waals surface area contributed by atoms with Gasteiger partial charge in [0.25, 0.3) is 0 Å². The van der Waals surface area contributed by atoms with Gasteiger partial charge in [0.15, 0.2) is 10.7 Å². The highest BCUT2D eigenvalue weighted by Crippen LogP contribution is 2.22. The average Bonchev–Trinajstić information content (AvgIpc) is 3.00. The number of hydrogen-bond acceptors (Lipinski definition) is 4. The molecule has 2 heterocycles. The molecule has 0 bridgehead atoms. The lowest BCUT2D eigenvalue weighted by Crippen LogP contribution is -2.02. The lowest BCUT2D eigenvalue weighted by molar-refractivity contribution is -0.0498. The highest BCUT2D eigenvalue weighted by Gasteiger charge is 2.10. The number of carbonyl (C=O) groups excluding carboxylic acids is 1. The molecule has 1 aromatic carbocycles. The Morgan fingerprint density at radius 1 is 1.29 bits per heavy atom. The molecule has 3 aromatic rings. The van der Waals surface area contributed by atoms with E-state index in [4.69, 9.17) is 0 Å². The van der Waals surface area contributed by atoms with Crippen LogP contribution in [0.15, 0.2) is 36.5 Å². The number of ketones is 1. The summed E-state index contributed by atoms with van der Waals surface area (Å²) in [5.74, 6) is -0.201. The van der Waals surface area contributed by atoms with Gasteiger partial charge in [0, 0.05) is 16.6 Å². The Labute approximate surface area is 141 Å². The second kappa shape index (κ2) is 6.52. The minimum absolute atomic E-state index is 0.0209. The van der Waals surface area contributed by atoms with E-state index in [0.717, 1.165) is 21.2 Å². The summed E-state index contributed by atoms with van der Waals surface area (Å²) in [6.45, 7) is 0.999. The lowest BCUT2D eigenvalue weighted by Gasteiger charge is -2.04. The van der Waals surface area contributed by atoms with Crippen LogP contribution in [0.25, 0.3) is 11.0 Å². The fourth-order valence-electron chi connectivity index (χ4n) is 2.33. The summed E-state index contributed by atoms with van der Waals surface area (Å²) in [4.78, 5) is 18.7. The van der Waals surface area contributed by atoms with Crippen molar-refractivity contribution in [3.8, 4) is 5.75 Å². The number of allylic oxidation sites excluding steroid dienone is 1. The molecule has 2 aromatic heterocycles. The molecule has 0 saturated carbocycles. The molecule has 124 valence electrons. The number of halogens is 2. The van der Waals surface area contributed by atoms with Gasteiger partial charge in [-0.15, -0.1) is 11.3 Å². The van der Waals surface area contributed by atoms with Crippen LogP contribution in [0.5, 0.6) is 5.75 Å². The first-order valence-electron chi connectivity index (χ1n) is 7.16. The predicted octanol–water partition coefficient (Wildman–Crippen LogP) is 4.51. The number of ether oxygens (including phenoxy) is 1. The molecular formula is C17H14F2N2O2S. The monoisotopic (exact) mass is 348 g/mol. The second-order valence-corrected chi connectivity index (χ2v) is 6.39. The third-order valence-electron chi connectivity index (χ3n) is 3.42. The summed E-state index contributed by atoms with van der Waals surface area (Å²) < 4.78 is 30.4. The molecular weight excluding hydrogens is 334 g/mol. The number of benzene rings is 1. The largest absolute Gasteiger partial charge is 0.435 e. The van der Waals surface area contributed by atoms with E-state index >= 15 is 0 Å². The fraction of sp³-hybridized carbons (Fsp3) is 0.176. The minimum atomic E-state index is -2.88. The first-order chi connectivity index (χ1) is 11.4. The number of fused-ring (bicyclic) bond motifs is 1. The summed E-state index contributed by atoms with van der Waals surface area (Å²) in [5.41, 5.74) is 2.08. The van der Waals surface area contributed by atoms with Crippen molar-refractivity contribution in [1.29, 1.82) is 0 Å². The molecule has 7 heteroatoms. The van der Waals surface area contributed by atoms with Crippen LogP contribution in [0.3, 0.4) is 0 Å². The lowest BCUT2D eigenvalue weighted by atomic mass is 10.1. The molecule has 0 fully saturated rings. The first-order valence-corrected chi connectivity index (χ1v) is 7.98. The smallest absolute Gasteiger partial charge is 0.387 e. The van der Waals surface area contributed by atoms with Gasteiger partial charge in [0.1, 0.15) is 5.75 Å². The number of aromatic nitrogens is 2. The van der Waals surface area contributed by atoms with Crippen LogP contribution in [0.1, 0.15) is 26.6 Å². The number of hydrogen-bond donors (Lipinski definition) is 0. The van der Waals surface area contributed by atoms with Crippen LogP contribution in [-0.4, -0.2) is 21.8 Å². The summed E-state index contributed by atoms with van der Waals surface area (Å²) in [5, 5.41) is 0. The van der Waals surface area contributed by atoms with Crippen molar-refractivity contribution in [1.82, 2.24) is 9.38 Å². The maximum atomic E-state index is 12.2. The Hall–Kier alpha value is -2.54.